The van der Waals surface area contributed by atoms with Gasteiger partial charge in [0.1, 0.15) is 5.75 Å². The van der Waals surface area contributed by atoms with E-state index < -0.39 is 21.1 Å². The van der Waals surface area contributed by atoms with E-state index in [1.54, 1.807) is 36.8 Å². The Labute approximate surface area is 159 Å². The summed E-state index contributed by atoms with van der Waals surface area (Å²) in [5.41, 5.74) is 0.174. The Balaban J connectivity index is 1.92. The summed E-state index contributed by atoms with van der Waals surface area (Å²) in [6.07, 6.45) is -1.37. The minimum atomic E-state index is -4.41. The van der Waals surface area contributed by atoms with Crippen LogP contribution in [-0.4, -0.2) is 35.2 Å². The maximum atomic E-state index is 12.6. The van der Waals surface area contributed by atoms with Gasteiger partial charge in [-0.2, -0.15) is 12.9 Å². The van der Waals surface area contributed by atoms with Crippen molar-refractivity contribution in [1.82, 2.24) is 19.3 Å². The van der Waals surface area contributed by atoms with E-state index in [-0.39, 0.29) is 28.5 Å². The van der Waals surface area contributed by atoms with Gasteiger partial charge in [0, 0.05) is 6.07 Å². The summed E-state index contributed by atoms with van der Waals surface area (Å²) < 4.78 is 38.4. The number of fused-ring (bicyclic) bond motifs is 1. The highest BCUT2D eigenvalue weighted by Gasteiger charge is 2.28. The zero-order valence-electron chi connectivity index (χ0n) is 14.3. The largest absolute Gasteiger partial charge is 0.474 e. The van der Waals surface area contributed by atoms with Gasteiger partial charge in [-0.1, -0.05) is 29.8 Å². The van der Waals surface area contributed by atoms with E-state index in [1.807, 2.05) is 0 Å². The summed E-state index contributed by atoms with van der Waals surface area (Å²) in [5.74, 6) is 0.357. The van der Waals surface area contributed by atoms with Crippen molar-refractivity contribution in [3.8, 4) is 11.6 Å². The number of sulfonamides is 1. The molecular formula is C16H15ClN4O5S. The zero-order chi connectivity index (χ0) is 19.6. The normalized spacial score (nSPS) is 11.6. The molecule has 3 aromatic rings. The number of nitrogens with zero attached hydrogens (tertiary/aromatic N) is 3. The first-order chi connectivity index (χ1) is 12.8. The second-order valence-electron chi connectivity index (χ2n) is 5.62. The maximum Gasteiger partial charge on any atom is 0.426 e. The quantitative estimate of drug-likeness (QED) is 0.688. The molecule has 1 amide bonds. The smallest absolute Gasteiger partial charge is 0.426 e. The standard InChI is InChI=1S/C16H15ClN4O5S/c1-10(2)25-13-9-8-12-18-14(17)15(21(12)19-13)27(23,24)20-16(22)26-11-6-4-3-5-7-11/h3-10H,1-2H3,(H,20,22). The minimum absolute atomic E-state index is 0.173. The number of hydrogen-bond acceptors (Lipinski definition) is 7. The summed E-state index contributed by atoms with van der Waals surface area (Å²) in [4.78, 5) is 15.9. The maximum absolute atomic E-state index is 12.6. The number of carbonyl (C=O) groups excluding carboxylic acids is 1. The molecule has 0 aliphatic heterocycles. The molecule has 0 fully saturated rings. The van der Waals surface area contributed by atoms with Crippen LogP contribution >= 0.6 is 11.6 Å². The summed E-state index contributed by atoms with van der Waals surface area (Å²) in [6.45, 7) is 3.59. The lowest BCUT2D eigenvalue weighted by Gasteiger charge is -2.10. The average Bonchev–Trinajstić information content (AvgIpc) is 2.90. The number of para-hydroxylation sites is 1. The summed E-state index contributed by atoms with van der Waals surface area (Å²) >= 11 is 5.97. The third-order valence-electron chi connectivity index (χ3n) is 3.15. The molecule has 2 aromatic heterocycles. The molecule has 1 N–H and O–H groups in total. The van der Waals surface area contributed by atoms with E-state index in [2.05, 4.69) is 10.1 Å². The van der Waals surface area contributed by atoms with Gasteiger partial charge in [-0.05, 0) is 32.0 Å². The van der Waals surface area contributed by atoms with E-state index in [0.717, 1.165) is 4.52 Å². The van der Waals surface area contributed by atoms with Crippen molar-refractivity contribution in [1.29, 1.82) is 0 Å². The number of amides is 1. The average molecular weight is 411 g/mol. The molecule has 0 bridgehead atoms. The number of imidazole rings is 1. The Bertz CT molecular complexity index is 1080. The van der Waals surface area contributed by atoms with E-state index in [4.69, 9.17) is 21.1 Å². The molecule has 2 heterocycles. The summed E-state index contributed by atoms with van der Waals surface area (Å²) in [7, 11) is -4.41. The third kappa shape index (κ3) is 4.29. The Morgan fingerprint density at radius 2 is 1.89 bits per heavy atom. The lowest BCUT2D eigenvalue weighted by Crippen LogP contribution is -2.34. The van der Waals surface area contributed by atoms with Crippen molar-refractivity contribution in [3.05, 3.63) is 47.6 Å². The lowest BCUT2D eigenvalue weighted by atomic mass is 10.3. The van der Waals surface area contributed by atoms with Crippen molar-refractivity contribution in [2.24, 2.45) is 0 Å². The molecule has 9 nitrogen and oxygen atoms in total. The molecule has 142 valence electrons. The lowest BCUT2D eigenvalue weighted by molar-refractivity contribution is 0.206. The Kier molecular flexibility index (Phi) is 5.19. The topological polar surface area (TPSA) is 112 Å². The molecular weight excluding hydrogens is 396 g/mol. The first-order valence-corrected chi connectivity index (χ1v) is 9.64. The number of benzene rings is 1. The number of ether oxygens (including phenoxy) is 2. The molecule has 0 saturated carbocycles. The third-order valence-corrected chi connectivity index (χ3v) is 4.84. The molecule has 3 rings (SSSR count). The summed E-state index contributed by atoms with van der Waals surface area (Å²) in [5, 5.41) is 3.23. The van der Waals surface area contributed by atoms with Crippen molar-refractivity contribution >= 4 is 33.4 Å². The number of hydrogen-bond donors (Lipinski definition) is 1. The molecule has 11 heteroatoms. The zero-order valence-corrected chi connectivity index (χ0v) is 15.9. The van der Waals surface area contributed by atoms with Crippen LogP contribution in [0.3, 0.4) is 0 Å². The first-order valence-electron chi connectivity index (χ1n) is 7.78. The predicted octanol–water partition coefficient (Wildman–Crippen LogP) is 2.65. The van der Waals surface area contributed by atoms with Gasteiger partial charge in [-0.25, -0.2) is 14.5 Å². The minimum Gasteiger partial charge on any atom is -0.474 e. The van der Waals surface area contributed by atoms with Crippen LogP contribution in [0.4, 0.5) is 4.79 Å². The molecule has 27 heavy (non-hydrogen) atoms. The SMILES string of the molecule is CC(C)Oc1ccc2nc(Cl)c(S(=O)(=O)NC(=O)Oc3ccccc3)n2n1. The fraction of sp³-hybridized carbons (Fsp3) is 0.188. The fourth-order valence-electron chi connectivity index (χ4n) is 2.17. The first kappa shape index (κ1) is 18.9. The van der Waals surface area contributed by atoms with Crippen molar-refractivity contribution < 1.29 is 22.7 Å². The predicted molar refractivity (Wildman–Crippen MR) is 96.5 cm³/mol. The molecule has 1 aromatic carbocycles. The van der Waals surface area contributed by atoms with Crippen molar-refractivity contribution in [2.45, 2.75) is 25.0 Å². The van der Waals surface area contributed by atoms with Crippen LogP contribution in [0.2, 0.25) is 5.15 Å². The highest BCUT2D eigenvalue weighted by atomic mass is 35.5. The molecule has 0 aliphatic rings. The fourth-order valence-corrected chi connectivity index (χ4v) is 3.63. The highest BCUT2D eigenvalue weighted by Crippen LogP contribution is 2.23. The van der Waals surface area contributed by atoms with Crippen molar-refractivity contribution in [2.75, 3.05) is 0 Å². The van der Waals surface area contributed by atoms with Crippen LogP contribution in [0.5, 0.6) is 11.6 Å². The monoisotopic (exact) mass is 410 g/mol. The van der Waals surface area contributed by atoms with Crippen LogP contribution < -0.4 is 14.2 Å². The molecule has 0 atom stereocenters. The molecule has 0 aliphatic carbocycles. The number of nitrogens with one attached hydrogen (secondary N) is 1. The molecule has 0 unspecified atom stereocenters. The van der Waals surface area contributed by atoms with E-state index in [9.17, 15) is 13.2 Å². The molecule has 0 radical (unpaired) electrons. The van der Waals surface area contributed by atoms with Gasteiger partial charge < -0.3 is 9.47 Å². The number of aromatic nitrogens is 3. The second-order valence-corrected chi connectivity index (χ2v) is 7.58. The van der Waals surface area contributed by atoms with Crippen LogP contribution in [0.1, 0.15) is 13.8 Å². The molecule has 0 saturated heterocycles. The van der Waals surface area contributed by atoms with Gasteiger partial charge in [0.25, 0.3) is 10.0 Å². The van der Waals surface area contributed by atoms with Gasteiger partial charge in [-0.3, -0.25) is 0 Å². The van der Waals surface area contributed by atoms with E-state index in [0.29, 0.717) is 0 Å². The van der Waals surface area contributed by atoms with Gasteiger partial charge >= 0.3 is 6.09 Å². The summed E-state index contributed by atoms with van der Waals surface area (Å²) in [6, 6.07) is 11.0. The van der Waals surface area contributed by atoms with E-state index >= 15 is 0 Å². The number of halogens is 1. The number of carbonyl (C=O) groups is 1. The van der Waals surface area contributed by atoms with Gasteiger partial charge in [0.05, 0.1) is 6.10 Å². The second kappa shape index (κ2) is 7.41. The van der Waals surface area contributed by atoms with E-state index in [1.165, 1.54) is 24.3 Å². The highest BCUT2D eigenvalue weighted by molar-refractivity contribution is 7.90. The van der Waals surface area contributed by atoms with Gasteiger partial charge in [-0.15, -0.1) is 5.10 Å². The van der Waals surface area contributed by atoms with Crippen LogP contribution in [0.25, 0.3) is 5.65 Å². The van der Waals surface area contributed by atoms with Crippen molar-refractivity contribution in [3.63, 3.8) is 0 Å². The van der Waals surface area contributed by atoms with Gasteiger partial charge in [0.15, 0.2) is 10.8 Å². The van der Waals surface area contributed by atoms with Crippen LogP contribution in [-0.2, 0) is 10.0 Å². The molecule has 0 spiro atoms. The van der Waals surface area contributed by atoms with Crippen LogP contribution in [0.15, 0.2) is 47.5 Å². The number of rotatable bonds is 5. The van der Waals surface area contributed by atoms with Crippen LogP contribution in [0, 0.1) is 0 Å². The Morgan fingerprint density at radius 3 is 2.56 bits per heavy atom. The Hall–Kier alpha value is -2.85. The van der Waals surface area contributed by atoms with Gasteiger partial charge in [0.2, 0.25) is 10.9 Å². The Morgan fingerprint density at radius 1 is 1.19 bits per heavy atom.